The van der Waals surface area contributed by atoms with Crippen molar-refractivity contribution >= 4 is 35.8 Å². The first-order valence-electron chi connectivity index (χ1n) is 7.53. The molecule has 0 aliphatic carbocycles. The van der Waals surface area contributed by atoms with Crippen molar-refractivity contribution in [2.75, 3.05) is 47.4 Å². The molecule has 23 heavy (non-hydrogen) atoms. The number of methoxy groups -OCH3 is 1. The van der Waals surface area contributed by atoms with E-state index in [0.717, 1.165) is 25.1 Å². The summed E-state index contributed by atoms with van der Waals surface area (Å²) >= 11 is 0. The number of rotatable bonds is 9. The lowest BCUT2D eigenvalue weighted by atomic mass is 9.90. The van der Waals surface area contributed by atoms with Crippen molar-refractivity contribution in [3.8, 4) is 0 Å². The molecular weight excluding hydrogens is 407 g/mol. The fourth-order valence-electron chi connectivity index (χ4n) is 1.49. The minimum Gasteiger partial charge on any atom is -0.385 e. The summed E-state index contributed by atoms with van der Waals surface area (Å²) in [6, 6.07) is 0. The predicted molar refractivity (Wildman–Crippen MR) is 108 cm³/mol. The number of carbonyl (C=O) groups excluding carboxylic acids is 1. The molecule has 0 fully saturated rings. The average Bonchev–Trinajstić information content (AvgIpc) is 2.43. The fourth-order valence-corrected chi connectivity index (χ4v) is 1.49. The summed E-state index contributed by atoms with van der Waals surface area (Å²) in [6.07, 6.45) is 0.945. The first kappa shape index (κ1) is 24.4. The van der Waals surface area contributed by atoms with Crippen LogP contribution in [0.15, 0.2) is 17.1 Å². The molecule has 1 amide bonds. The minimum atomic E-state index is -0.0323. The van der Waals surface area contributed by atoms with Crippen LogP contribution in [0, 0.1) is 5.41 Å². The third-order valence-electron chi connectivity index (χ3n) is 3.15. The highest BCUT2D eigenvalue weighted by Gasteiger charge is 2.18. The normalized spacial score (nSPS) is 11.5. The molecule has 0 saturated carbocycles. The Labute approximate surface area is 158 Å². The Balaban J connectivity index is 0. The number of nitrogens with one attached hydrogen (secondary N) is 2. The number of aliphatic imine (C=N–C) groups is 1. The molecule has 6 nitrogen and oxygen atoms in total. The predicted octanol–water partition coefficient (Wildman–Crippen LogP) is 1.87. The topological polar surface area (TPSA) is 66.0 Å². The van der Waals surface area contributed by atoms with Gasteiger partial charge in [-0.15, -0.1) is 24.0 Å². The van der Waals surface area contributed by atoms with Gasteiger partial charge < -0.3 is 20.3 Å². The summed E-state index contributed by atoms with van der Waals surface area (Å²) in [5.41, 5.74) is 1.08. The number of guanidine groups is 1. The lowest BCUT2D eigenvalue weighted by molar-refractivity contribution is -0.127. The lowest BCUT2D eigenvalue weighted by Crippen LogP contribution is -2.43. The molecule has 2 N–H and O–H groups in total. The number of likely N-dealkylation sites (N-methyl/N-ethyl adjacent to an activating group) is 1. The van der Waals surface area contributed by atoms with E-state index in [4.69, 9.17) is 4.74 Å². The molecule has 0 aromatic carbocycles. The summed E-state index contributed by atoms with van der Waals surface area (Å²) in [4.78, 5) is 17.5. The molecule has 7 heteroatoms. The lowest BCUT2D eigenvalue weighted by Gasteiger charge is -2.26. The van der Waals surface area contributed by atoms with Crippen LogP contribution >= 0.6 is 24.0 Å². The number of nitrogens with zero attached hydrogens (tertiary/aromatic N) is 2. The van der Waals surface area contributed by atoms with Gasteiger partial charge in [-0.2, -0.15) is 0 Å². The maximum Gasteiger partial charge on any atom is 0.243 e. The Hall–Kier alpha value is -0.830. The second-order valence-electron chi connectivity index (χ2n) is 6.52. The number of ether oxygens (including phenoxy) is 1. The summed E-state index contributed by atoms with van der Waals surface area (Å²) in [5, 5.41) is 6.47. The second kappa shape index (κ2) is 12.6. The zero-order chi connectivity index (χ0) is 17.2. The number of hydrogen-bond acceptors (Lipinski definition) is 3. The van der Waals surface area contributed by atoms with Crippen LogP contribution in [-0.4, -0.2) is 64.2 Å². The molecule has 0 aromatic heterocycles. The van der Waals surface area contributed by atoms with E-state index in [2.05, 4.69) is 36.1 Å². The molecule has 0 spiro atoms. The van der Waals surface area contributed by atoms with Crippen LogP contribution in [0.2, 0.25) is 0 Å². The van der Waals surface area contributed by atoms with Gasteiger partial charge in [0.15, 0.2) is 5.96 Å². The quantitative estimate of drug-likeness (QED) is 0.249. The largest absolute Gasteiger partial charge is 0.385 e. The summed E-state index contributed by atoms with van der Waals surface area (Å²) in [6.45, 7) is 12.4. The van der Waals surface area contributed by atoms with E-state index >= 15 is 0 Å². The Morgan fingerprint density at radius 2 is 1.91 bits per heavy atom. The average molecular weight is 440 g/mol. The maximum absolute atomic E-state index is 11.7. The van der Waals surface area contributed by atoms with E-state index in [1.165, 1.54) is 4.90 Å². The van der Waals surface area contributed by atoms with Crippen molar-refractivity contribution < 1.29 is 9.53 Å². The van der Waals surface area contributed by atoms with Gasteiger partial charge in [-0.05, 0) is 18.8 Å². The van der Waals surface area contributed by atoms with Crippen LogP contribution in [0.1, 0.15) is 27.2 Å². The van der Waals surface area contributed by atoms with Crippen LogP contribution in [0.3, 0.4) is 0 Å². The van der Waals surface area contributed by atoms with Gasteiger partial charge in [-0.1, -0.05) is 26.0 Å². The molecule has 0 unspecified atom stereocenters. The van der Waals surface area contributed by atoms with Crippen LogP contribution in [0.5, 0.6) is 0 Å². The molecule has 0 aromatic rings. The van der Waals surface area contributed by atoms with Gasteiger partial charge in [0, 0.05) is 40.9 Å². The molecule has 0 radical (unpaired) electrons. The van der Waals surface area contributed by atoms with E-state index < -0.39 is 0 Å². The smallest absolute Gasteiger partial charge is 0.243 e. The zero-order valence-corrected chi connectivity index (χ0v) is 17.7. The van der Waals surface area contributed by atoms with Gasteiger partial charge in [0.25, 0.3) is 0 Å². The maximum atomic E-state index is 11.7. The molecule has 0 rings (SSSR count). The van der Waals surface area contributed by atoms with Crippen molar-refractivity contribution in [3.05, 3.63) is 12.2 Å². The molecule has 0 aliphatic rings. The van der Waals surface area contributed by atoms with Gasteiger partial charge >= 0.3 is 0 Å². The molecule has 0 atom stereocenters. The SMILES string of the molecule is C=C(C)CNC(=NCC(=O)N(C)C)NCC(C)(C)CCOC.I. The number of amides is 1. The van der Waals surface area contributed by atoms with Crippen LogP contribution in [0.25, 0.3) is 0 Å². The minimum absolute atomic E-state index is 0. The summed E-state index contributed by atoms with van der Waals surface area (Å²) < 4.78 is 5.13. The molecule has 0 aliphatic heterocycles. The Morgan fingerprint density at radius 3 is 2.39 bits per heavy atom. The second-order valence-corrected chi connectivity index (χ2v) is 6.52. The molecule has 0 bridgehead atoms. The highest BCUT2D eigenvalue weighted by Crippen LogP contribution is 2.18. The Bertz CT molecular complexity index is 396. The van der Waals surface area contributed by atoms with Crippen LogP contribution in [-0.2, 0) is 9.53 Å². The summed E-state index contributed by atoms with van der Waals surface area (Å²) in [7, 11) is 5.15. The van der Waals surface area contributed by atoms with E-state index in [9.17, 15) is 4.79 Å². The zero-order valence-electron chi connectivity index (χ0n) is 15.4. The fraction of sp³-hybridized carbons (Fsp3) is 0.750. The van der Waals surface area contributed by atoms with Crippen LogP contribution in [0.4, 0.5) is 0 Å². The Kier molecular flexibility index (Phi) is 13.4. The standard InChI is InChI=1S/C16H32N4O2.HI/c1-13(2)10-17-15(18-11-14(21)20(5)6)19-12-16(3,4)8-9-22-7;/h1,8-12H2,2-7H3,(H2,17,18,19);1H. The first-order valence-corrected chi connectivity index (χ1v) is 7.53. The van der Waals surface area contributed by atoms with Crippen molar-refractivity contribution in [2.45, 2.75) is 27.2 Å². The van der Waals surface area contributed by atoms with Gasteiger partial charge in [-0.3, -0.25) is 4.79 Å². The van der Waals surface area contributed by atoms with E-state index in [-0.39, 0.29) is 41.8 Å². The number of hydrogen-bond donors (Lipinski definition) is 2. The molecule has 136 valence electrons. The van der Waals surface area contributed by atoms with Crippen LogP contribution < -0.4 is 10.6 Å². The van der Waals surface area contributed by atoms with Crippen molar-refractivity contribution in [2.24, 2.45) is 10.4 Å². The Morgan fingerprint density at radius 1 is 1.30 bits per heavy atom. The van der Waals surface area contributed by atoms with Gasteiger partial charge in [0.2, 0.25) is 5.91 Å². The van der Waals surface area contributed by atoms with Crippen molar-refractivity contribution in [1.82, 2.24) is 15.5 Å². The third-order valence-corrected chi connectivity index (χ3v) is 3.15. The first-order chi connectivity index (χ1) is 10.2. The van der Waals surface area contributed by atoms with E-state index in [0.29, 0.717) is 12.5 Å². The highest BCUT2D eigenvalue weighted by molar-refractivity contribution is 14.0. The van der Waals surface area contributed by atoms with Crippen molar-refractivity contribution in [1.29, 1.82) is 0 Å². The number of halogens is 1. The molecule has 0 saturated heterocycles. The molecule has 0 heterocycles. The van der Waals surface area contributed by atoms with Crippen molar-refractivity contribution in [3.63, 3.8) is 0 Å². The monoisotopic (exact) mass is 440 g/mol. The van der Waals surface area contributed by atoms with E-state index in [1.54, 1.807) is 21.2 Å². The number of carbonyl (C=O) groups is 1. The van der Waals surface area contributed by atoms with Gasteiger partial charge in [0.1, 0.15) is 6.54 Å². The van der Waals surface area contributed by atoms with E-state index in [1.807, 2.05) is 6.92 Å². The summed E-state index contributed by atoms with van der Waals surface area (Å²) in [5.74, 6) is 0.596. The van der Waals surface area contributed by atoms with Gasteiger partial charge in [-0.25, -0.2) is 4.99 Å². The van der Waals surface area contributed by atoms with Gasteiger partial charge in [0.05, 0.1) is 0 Å². The highest BCUT2D eigenvalue weighted by atomic mass is 127. The third kappa shape index (κ3) is 13.3. The molecular formula is C16H33IN4O2.